The Hall–Kier alpha value is -1.37. The molecule has 1 aromatic rings. The molecule has 0 aliphatic rings. The molecule has 4 nitrogen and oxygen atoms in total. The maximum atomic E-state index is 12.2. The van der Waals surface area contributed by atoms with E-state index >= 15 is 0 Å². The van der Waals surface area contributed by atoms with Crippen molar-refractivity contribution in [1.29, 1.82) is 0 Å². The van der Waals surface area contributed by atoms with Gasteiger partial charge in [0.15, 0.2) is 0 Å². The summed E-state index contributed by atoms with van der Waals surface area (Å²) in [6.45, 7) is 1.39. The van der Waals surface area contributed by atoms with Crippen LogP contribution < -0.4 is 5.32 Å². The van der Waals surface area contributed by atoms with E-state index < -0.39 is 17.9 Å². The molecule has 0 radical (unpaired) electrons. The van der Waals surface area contributed by atoms with E-state index in [4.69, 9.17) is 5.11 Å². The van der Waals surface area contributed by atoms with E-state index in [9.17, 15) is 13.2 Å². The van der Waals surface area contributed by atoms with Crippen molar-refractivity contribution in [3.05, 3.63) is 18.0 Å². The first-order valence-corrected chi connectivity index (χ1v) is 4.21. The summed E-state index contributed by atoms with van der Waals surface area (Å²) in [7, 11) is 0. The number of rotatable bonds is 3. The summed E-state index contributed by atoms with van der Waals surface area (Å²) in [5, 5.41) is 11.2. The Balaban J connectivity index is 2.84. The number of aromatic nitrogens is 2. The third-order valence-corrected chi connectivity index (χ3v) is 1.60. The van der Waals surface area contributed by atoms with Gasteiger partial charge in [-0.3, -0.25) is 0 Å². The van der Waals surface area contributed by atoms with Gasteiger partial charge in [0.05, 0.1) is 6.61 Å². The van der Waals surface area contributed by atoms with Gasteiger partial charge >= 0.3 is 6.18 Å². The van der Waals surface area contributed by atoms with Gasteiger partial charge in [-0.25, -0.2) is 9.97 Å². The zero-order chi connectivity index (χ0) is 11.5. The van der Waals surface area contributed by atoms with Crippen LogP contribution in [0.15, 0.2) is 12.3 Å². The number of nitrogens with zero attached hydrogens (tertiary/aromatic N) is 2. The number of aliphatic hydroxyl groups excluding tert-OH is 1. The van der Waals surface area contributed by atoms with Crippen molar-refractivity contribution >= 4 is 5.95 Å². The molecule has 1 rings (SSSR count). The molecule has 1 atom stereocenters. The van der Waals surface area contributed by atoms with Crippen molar-refractivity contribution in [2.45, 2.75) is 19.1 Å². The van der Waals surface area contributed by atoms with Gasteiger partial charge in [0.1, 0.15) is 5.69 Å². The first kappa shape index (κ1) is 11.7. The van der Waals surface area contributed by atoms with Crippen molar-refractivity contribution in [3.8, 4) is 0 Å². The fraction of sp³-hybridized carbons (Fsp3) is 0.500. The van der Waals surface area contributed by atoms with E-state index in [0.717, 1.165) is 12.3 Å². The monoisotopic (exact) mass is 221 g/mol. The van der Waals surface area contributed by atoms with Gasteiger partial charge in [0.25, 0.3) is 0 Å². The molecule has 84 valence electrons. The first-order valence-electron chi connectivity index (χ1n) is 4.21. The minimum atomic E-state index is -4.48. The van der Waals surface area contributed by atoms with Crippen LogP contribution in [-0.2, 0) is 6.18 Å². The van der Waals surface area contributed by atoms with Crippen LogP contribution in [0.25, 0.3) is 0 Å². The Morgan fingerprint density at radius 1 is 1.53 bits per heavy atom. The van der Waals surface area contributed by atoms with Crippen LogP contribution in [0.2, 0.25) is 0 Å². The molecule has 0 aliphatic heterocycles. The Kier molecular flexibility index (Phi) is 3.46. The SMILES string of the molecule is CC(CO)Nc1nccc(C(F)(F)F)n1. The van der Waals surface area contributed by atoms with Crippen molar-refractivity contribution in [3.63, 3.8) is 0 Å². The average molecular weight is 221 g/mol. The highest BCUT2D eigenvalue weighted by molar-refractivity contribution is 5.27. The van der Waals surface area contributed by atoms with Crippen LogP contribution in [0.3, 0.4) is 0 Å². The van der Waals surface area contributed by atoms with Crippen molar-refractivity contribution in [2.75, 3.05) is 11.9 Å². The Morgan fingerprint density at radius 2 is 2.20 bits per heavy atom. The summed E-state index contributed by atoms with van der Waals surface area (Å²) >= 11 is 0. The lowest BCUT2D eigenvalue weighted by molar-refractivity contribution is -0.141. The quantitative estimate of drug-likeness (QED) is 0.807. The number of hydrogen-bond acceptors (Lipinski definition) is 4. The van der Waals surface area contributed by atoms with Crippen LogP contribution in [0, 0.1) is 0 Å². The molecule has 15 heavy (non-hydrogen) atoms. The Morgan fingerprint density at radius 3 is 2.73 bits per heavy atom. The third-order valence-electron chi connectivity index (χ3n) is 1.60. The van der Waals surface area contributed by atoms with Crippen LogP contribution in [0.1, 0.15) is 12.6 Å². The molecule has 1 heterocycles. The summed E-state index contributed by atoms with van der Waals surface area (Å²) in [5.74, 6) is -0.147. The van der Waals surface area contributed by atoms with E-state index in [1.165, 1.54) is 0 Å². The first-order chi connectivity index (χ1) is 6.93. The molecule has 1 aromatic heterocycles. The number of aliphatic hydroxyl groups is 1. The summed E-state index contributed by atoms with van der Waals surface area (Å²) in [4.78, 5) is 6.88. The smallest absolute Gasteiger partial charge is 0.394 e. The second-order valence-electron chi connectivity index (χ2n) is 2.99. The second kappa shape index (κ2) is 4.43. The predicted octanol–water partition coefficient (Wildman–Crippen LogP) is 1.29. The lowest BCUT2D eigenvalue weighted by Crippen LogP contribution is -2.21. The molecule has 0 bridgehead atoms. The minimum absolute atomic E-state index is 0.147. The van der Waals surface area contributed by atoms with Crippen LogP contribution in [-0.4, -0.2) is 27.7 Å². The van der Waals surface area contributed by atoms with E-state index in [-0.39, 0.29) is 12.6 Å². The molecule has 0 saturated heterocycles. The largest absolute Gasteiger partial charge is 0.433 e. The molecule has 0 saturated carbocycles. The molecule has 0 aromatic carbocycles. The zero-order valence-corrected chi connectivity index (χ0v) is 7.91. The fourth-order valence-corrected chi connectivity index (χ4v) is 0.852. The van der Waals surface area contributed by atoms with E-state index in [1.54, 1.807) is 6.92 Å². The van der Waals surface area contributed by atoms with Gasteiger partial charge in [-0.1, -0.05) is 0 Å². The third kappa shape index (κ3) is 3.35. The van der Waals surface area contributed by atoms with Crippen LogP contribution in [0.4, 0.5) is 19.1 Å². The highest BCUT2D eigenvalue weighted by atomic mass is 19.4. The highest BCUT2D eigenvalue weighted by Gasteiger charge is 2.32. The van der Waals surface area contributed by atoms with Crippen molar-refractivity contribution in [2.24, 2.45) is 0 Å². The topological polar surface area (TPSA) is 58.0 Å². The molecular formula is C8H10F3N3O. The summed E-state index contributed by atoms with van der Waals surface area (Å²) in [6, 6.07) is 0.392. The van der Waals surface area contributed by atoms with Gasteiger partial charge in [0.2, 0.25) is 5.95 Å². The van der Waals surface area contributed by atoms with Crippen LogP contribution in [0.5, 0.6) is 0 Å². The Labute approximate surface area is 84.2 Å². The molecule has 0 aliphatic carbocycles. The van der Waals surface area contributed by atoms with E-state index in [0.29, 0.717) is 0 Å². The maximum absolute atomic E-state index is 12.2. The van der Waals surface area contributed by atoms with Gasteiger partial charge in [0, 0.05) is 12.2 Å². The minimum Gasteiger partial charge on any atom is -0.394 e. The number of nitrogens with one attached hydrogen (secondary N) is 1. The van der Waals surface area contributed by atoms with Crippen LogP contribution >= 0.6 is 0 Å². The van der Waals surface area contributed by atoms with Gasteiger partial charge in [-0.05, 0) is 13.0 Å². The lowest BCUT2D eigenvalue weighted by Gasteiger charge is -2.11. The number of alkyl halides is 3. The molecule has 1 unspecified atom stereocenters. The summed E-state index contributed by atoms with van der Waals surface area (Å²) in [6.07, 6.45) is -3.47. The predicted molar refractivity (Wildman–Crippen MR) is 47.2 cm³/mol. The Bertz CT molecular complexity index is 329. The molecule has 2 N–H and O–H groups in total. The normalized spacial score (nSPS) is 13.7. The average Bonchev–Trinajstić information content (AvgIpc) is 2.17. The lowest BCUT2D eigenvalue weighted by atomic mass is 10.3. The van der Waals surface area contributed by atoms with Gasteiger partial charge in [-0.2, -0.15) is 13.2 Å². The standard InChI is InChI=1S/C8H10F3N3O/c1-5(4-15)13-7-12-3-2-6(14-7)8(9,10)11/h2-3,5,15H,4H2,1H3,(H,12,13,14). The summed E-state index contributed by atoms with van der Waals surface area (Å²) in [5.41, 5.74) is -1.01. The molecular weight excluding hydrogens is 211 g/mol. The highest BCUT2D eigenvalue weighted by Crippen LogP contribution is 2.27. The molecule has 0 spiro atoms. The molecule has 0 amide bonds. The van der Waals surface area contributed by atoms with E-state index in [2.05, 4.69) is 15.3 Å². The van der Waals surface area contributed by atoms with E-state index in [1.807, 2.05) is 0 Å². The maximum Gasteiger partial charge on any atom is 0.433 e. The van der Waals surface area contributed by atoms with Crippen molar-refractivity contribution < 1.29 is 18.3 Å². The van der Waals surface area contributed by atoms with Crippen molar-refractivity contribution in [1.82, 2.24) is 9.97 Å². The van der Waals surface area contributed by atoms with Gasteiger partial charge in [-0.15, -0.1) is 0 Å². The second-order valence-corrected chi connectivity index (χ2v) is 2.99. The zero-order valence-electron chi connectivity index (χ0n) is 7.91. The number of hydrogen-bond donors (Lipinski definition) is 2. The molecule has 0 fully saturated rings. The number of anilines is 1. The number of halogens is 3. The van der Waals surface area contributed by atoms with Gasteiger partial charge < -0.3 is 10.4 Å². The fourth-order valence-electron chi connectivity index (χ4n) is 0.852. The summed E-state index contributed by atoms with van der Waals surface area (Å²) < 4.78 is 36.7. The molecule has 7 heteroatoms.